The molecule has 1 fully saturated rings. The van der Waals surface area contributed by atoms with Crippen LogP contribution in [0.3, 0.4) is 0 Å². The lowest BCUT2D eigenvalue weighted by Crippen LogP contribution is -2.58. The summed E-state index contributed by atoms with van der Waals surface area (Å²) in [5.41, 5.74) is 2.98. The summed E-state index contributed by atoms with van der Waals surface area (Å²) < 4.78 is 0. The van der Waals surface area contributed by atoms with Gasteiger partial charge in [-0.05, 0) is 24.3 Å². The Kier molecular flexibility index (Phi) is 5.30. The lowest BCUT2D eigenvalue weighted by Gasteiger charge is -2.44. The molecular weight excluding hydrogens is 364 g/mol. The summed E-state index contributed by atoms with van der Waals surface area (Å²) in [5.74, 6) is -0.735. The van der Waals surface area contributed by atoms with Crippen molar-refractivity contribution in [3.8, 4) is 0 Å². The summed E-state index contributed by atoms with van der Waals surface area (Å²) >= 11 is 0. The number of likely N-dealkylation sites (tertiary alicyclic amines) is 1. The molecule has 2 aliphatic rings. The van der Waals surface area contributed by atoms with E-state index in [9.17, 15) is 19.2 Å². The van der Waals surface area contributed by atoms with Gasteiger partial charge in [0.2, 0.25) is 11.8 Å². The third-order valence-electron chi connectivity index (χ3n) is 5.26. The molecule has 3 N–H and O–H groups in total. The first kappa shape index (κ1) is 19.7. The summed E-state index contributed by atoms with van der Waals surface area (Å²) in [6, 6.07) is 1.08. The van der Waals surface area contributed by atoms with E-state index in [1.807, 2.05) is 13.8 Å². The Balaban J connectivity index is 1.68. The number of carbonyl (C=O) groups excluding carboxylic acids is 3. The fourth-order valence-electron chi connectivity index (χ4n) is 3.38. The lowest BCUT2D eigenvalue weighted by atomic mass is 9.78. The van der Waals surface area contributed by atoms with Crippen LogP contribution in [-0.4, -0.2) is 57.7 Å². The van der Waals surface area contributed by atoms with Gasteiger partial charge in [0.1, 0.15) is 0 Å². The summed E-state index contributed by atoms with van der Waals surface area (Å²) in [6.45, 7) is 6.62. The molecule has 1 saturated heterocycles. The van der Waals surface area contributed by atoms with Crippen LogP contribution < -0.4 is 16.3 Å². The molecule has 0 spiro atoms. The van der Waals surface area contributed by atoms with Crippen LogP contribution in [0.2, 0.25) is 0 Å². The van der Waals surface area contributed by atoms with Crippen LogP contribution in [0.4, 0.5) is 0 Å². The first-order valence-electron chi connectivity index (χ1n) is 9.15. The first-order chi connectivity index (χ1) is 13.2. The summed E-state index contributed by atoms with van der Waals surface area (Å²) in [4.78, 5) is 49.4. The maximum Gasteiger partial charge on any atom is 0.274 e. The minimum atomic E-state index is -0.359. The SMILES string of the molecule is Cc1cc(=O)[nH]nc1C(=O)N1CCC(C)(C)C(NC(=O)CC2=NNC(=O)C2)C1. The number of H-pyrrole nitrogens is 1. The normalized spacial score (nSPS) is 21.1. The third-order valence-corrected chi connectivity index (χ3v) is 5.26. The average Bonchev–Trinajstić information content (AvgIpc) is 3.01. The zero-order valence-corrected chi connectivity index (χ0v) is 16.2. The molecule has 0 saturated carbocycles. The van der Waals surface area contributed by atoms with Crippen molar-refractivity contribution in [1.29, 1.82) is 0 Å². The zero-order valence-electron chi connectivity index (χ0n) is 16.2. The van der Waals surface area contributed by atoms with E-state index in [0.717, 1.165) is 0 Å². The smallest absolute Gasteiger partial charge is 0.274 e. The molecule has 0 bridgehead atoms. The molecule has 10 heteroatoms. The molecule has 3 amide bonds. The molecule has 1 unspecified atom stereocenters. The molecule has 0 aliphatic carbocycles. The number of carbonyl (C=O) groups is 3. The van der Waals surface area contributed by atoms with E-state index in [-0.39, 0.29) is 53.3 Å². The molecule has 28 heavy (non-hydrogen) atoms. The average molecular weight is 388 g/mol. The van der Waals surface area contributed by atoms with Gasteiger partial charge in [-0.15, -0.1) is 0 Å². The van der Waals surface area contributed by atoms with Gasteiger partial charge in [-0.3, -0.25) is 19.2 Å². The van der Waals surface area contributed by atoms with Crippen LogP contribution in [0, 0.1) is 12.3 Å². The van der Waals surface area contributed by atoms with Crippen LogP contribution in [0.5, 0.6) is 0 Å². The van der Waals surface area contributed by atoms with Gasteiger partial charge in [0.25, 0.3) is 11.5 Å². The molecule has 3 rings (SSSR count). The van der Waals surface area contributed by atoms with Crippen molar-refractivity contribution in [2.45, 2.75) is 46.1 Å². The van der Waals surface area contributed by atoms with Gasteiger partial charge < -0.3 is 10.2 Å². The lowest BCUT2D eigenvalue weighted by molar-refractivity contribution is -0.122. The maximum absolute atomic E-state index is 12.9. The number of hydrogen-bond acceptors (Lipinski definition) is 6. The van der Waals surface area contributed by atoms with Crippen LogP contribution >= 0.6 is 0 Å². The highest BCUT2D eigenvalue weighted by Gasteiger charge is 2.39. The van der Waals surface area contributed by atoms with Gasteiger partial charge in [-0.1, -0.05) is 13.8 Å². The standard InChI is InChI=1S/C18H24N6O4/c1-10-6-14(26)22-23-16(10)17(28)24-5-4-18(2,3)12(9-24)19-13(25)7-11-8-15(27)21-20-11/h6,12H,4-5,7-9H2,1-3H3,(H,19,25)(H,21,27)(H,22,26). The molecule has 2 aliphatic heterocycles. The van der Waals surface area contributed by atoms with Crippen LogP contribution in [0.15, 0.2) is 16.0 Å². The minimum Gasteiger partial charge on any atom is -0.351 e. The van der Waals surface area contributed by atoms with Crippen molar-refractivity contribution in [3.05, 3.63) is 27.7 Å². The molecule has 10 nitrogen and oxygen atoms in total. The minimum absolute atomic E-state index is 0.0415. The summed E-state index contributed by atoms with van der Waals surface area (Å²) in [6.07, 6.45) is 0.871. The zero-order chi connectivity index (χ0) is 20.5. The maximum atomic E-state index is 12.9. The Hall–Kier alpha value is -3.04. The number of amides is 3. The monoisotopic (exact) mass is 388 g/mol. The molecule has 0 aromatic carbocycles. The third kappa shape index (κ3) is 4.26. The van der Waals surface area contributed by atoms with Gasteiger partial charge in [-0.2, -0.15) is 10.2 Å². The topological polar surface area (TPSA) is 137 Å². The fraction of sp³-hybridized carbons (Fsp3) is 0.556. The summed E-state index contributed by atoms with van der Waals surface area (Å²) in [7, 11) is 0. The van der Waals surface area contributed by atoms with Crippen molar-refractivity contribution >= 4 is 23.4 Å². The molecular formula is C18H24N6O4. The van der Waals surface area contributed by atoms with Crippen molar-refractivity contribution in [3.63, 3.8) is 0 Å². The second-order valence-corrected chi connectivity index (χ2v) is 7.94. The number of aromatic nitrogens is 2. The predicted molar refractivity (Wildman–Crippen MR) is 101 cm³/mol. The van der Waals surface area contributed by atoms with E-state index < -0.39 is 0 Å². The van der Waals surface area contributed by atoms with Crippen LogP contribution in [-0.2, 0) is 9.59 Å². The fourth-order valence-corrected chi connectivity index (χ4v) is 3.38. The number of nitrogens with one attached hydrogen (secondary N) is 3. The Morgan fingerprint density at radius 3 is 2.75 bits per heavy atom. The number of aryl methyl sites for hydroxylation is 1. The number of rotatable bonds is 4. The van der Waals surface area contributed by atoms with Crippen molar-refractivity contribution < 1.29 is 14.4 Å². The molecule has 0 radical (unpaired) electrons. The van der Waals surface area contributed by atoms with Crippen LogP contribution in [0.25, 0.3) is 0 Å². The molecule has 150 valence electrons. The highest BCUT2D eigenvalue weighted by atomic mass is 16.2. The van der Waals surface area contributed by atoms with E-state index in [1.54, 1.807) is 11.8 Å². The van der Waals surface area contributed by atoms with Gasteiger partial charge >= 0.3 is 0 Å². The van der Waals surface area contributed by atoms with E-state index in [0.29, 0.717) is 30.8 Å². The van der Waals surface area contributed by atoms with Crippen molar-refractivity contribution in [2.24, 2.45) is 10.5 Å². The first-order valence-corrected chi connectivity index (χ1v) is 9.15. The van der Waals surface area contributed by atoms with Crippen molar-refractivity contribution in [1.82, 2.24) is 25.8 Å². The highest BCUT2D eigenvalue weighted by molar-refractivity contribution is 6.11. The number of hydrogen-bond donors (Lipinski definition) is 3. The Labute approximate surface area is 161 Å². The van der Waals surface area contributed by atoms with E-state index in [1.165, 1.54) is 6.07 Å². The molecule has 3 heterocycles. The summed E-state index contributed by atoms with van der Waals surface area (Å²) in [5, 5.41) is 13.0. The van der Waals surface area contributed by atoms with E-state index in [4.69, 9.17) is 0 Å². The molecule has 1 aromatic rings. The second-order valence-electron chi connectivity index (χ2n) is 7.94. The quantitative estimate of drug-likeness (QED) is 0.650. The highest BCUT2D eigenvalue weighted by Crippen LogP contribution is 2.31. The Bertz CT molecular complexity index is 904. The van der Waals surface area contributed by atoms with Crippen molar-refractivity contribution in [2.75, 3.05) is 13.1 Å². The number of aromatic amines is 1. The Morgan fingerprint density at radius 2 is 2.11 bits per heavy atom. The van der Waals surface area contributed by atoms with E-state index >= 15 is 0 Å². The number of hydrazone groups is 1. The predicted octanol–water partition coefficient (Wildman–Crippen LogP) is -0.299. The van der Waals surface area contributed by atoms with Gasteiger partial charge in [0, 0.05) is 19.2 Å². The van der Waals surface area contributed by atoms with Crippen LogP contribution in [0.1, 0.15) is 49.2 Å². The number of piperidine rings is 1. The molecule has 1 atom stereocenters. The molecule has 1 aromatic heterocycles. The largest absolute Gasteiger partial charge is 0.351 e. The van der Waals surface area contributed by atoms with Gasteiger partial charge in [0.15, 0.2) is 5.69 Å². The van der Waals surface area contributed by atoms with Gasteiger partial charge in [-0.25, -0.2) is 10.5 Å². The number of nitrogens with zero attached hydrogens (tertiary/aromatic N) is 3. The van der Waals surface area contributed by atoms with Gasteiger partial charge in [0.05, 0.1) is 24.6 Å². The van der Waals surface area contributed by atoms with E-state index in [2.05, 4.69) is 26.0 Å². The Morgan fingerprint density at radius 1 is 1.36 bits per heavy atom. The second kappa shape index (κ2) is 7.53.